The molecule has 1 saturated heterocycles. The fourth-order valence-corrected chi connectivity index (χ4v) is 3.67. The van der Waals surface area contributed by atoms with E-state index in [1.54, 1.807) is 29.2 Å². The Balaban J connectivity index is 1.73. The van der Waals surface area contributed by atoms with Crippen molar-refractivity contribution >= 4 is 23.0 Å². The van der Waals surface area contributed by atoms with Crippen LogP contribution in [0.5, 0.6) is 0 Å². The molecule has 1 aromatic heterocycles. The van der Waals surface area contributed by atoms with Crippen LogP contribution in [-0.4, -0.2) is 29.7 Å². The number of nitrogens with zero attached hydrogens (tertiary/aromatic N) is 1. The summed E-state index contributed by atoms with van der Waals surface area (Å²) in [6, 6.07) is 10.1. The molecular weight excluding hydrogens is 301 g/mol. The lowest BCUT2D eigenvalue weighted by Crippen LogP contribution is -2.27. The minimum absolute atomic E-state index is 0.0327. The van der Waals surface area contributed by atoms with Crippen molar-refractivity contribution in [2.45, 2.75) is 19.3 Å². The molecule has 1 fully saturated rings. The first-order chi connectivity index (χ1) is 10.6. The van der Waals surface area contributed by atoms with E-state index in [2.05, 4.69) is 0 Å². The van der Waals surface area contributed by atoms with Gasteiger partial charge in [0.05, 0.1) is 9.75 Å². The molecule has 1 atom stereocenters. The Kier molecular flexibility index (Phi) is 4.07. The number of halogens is 1. The van der Waals surface area contributed by atoms with Gasteiger partial charge in [-0.15, -0.1) is 11.3 Å². The summed E-state index contributed by atoms with van der Waals surface area (Å²) in [5.74, 6) is -0.278. The summed E-state index contributed by atoms with van der Waals surface area (Å²) in [5, 5.41) is 0. The van der Waals surface area contributed by atoms with Gasteiger partial charge in [0.25, 0.3) is 5.91 Å². The van der Waals surface area contributed by atoms with Crippen LogP contribution < -0.4 is 0 Å². The Labute approximate surface area is 132 Å². The Bertz CT molecular complexity index is 725. The maximum Gasteiger partial charge on any atom is 0.263 e. The largest absolute Gasteiger partial charge is 0.337 e. The second-order valence-electron chi connectivity index (χ2n) is 5.48. The van der Waals surface area contributed by atoms with Crippen LogP contribution in [-0.2, 0) is 0 Å². The number of hydrogen-bond acceptors (Lipinski definition) is 3. The number of carbonyl (C=O) groups excluding carboxylic acids is 2. The van der Waals surface area contributed by atoms with E-state index in [9.17, 15) is 14.0 Å². The Morgan fingerprint density at radius 3 is 2.59 bits per heavy atom. The molecule has 1 aliphatic heterocycles. The van der Waals surface area contributed by atoms with E-state index >= 15 is 0 Å². The molecule has 3 nitrogen and oxygen atoms in total. The van der Waals surface area contributed by atoms with Gasteiger partial charge in [0.2, 0.25) is 0 Å². The van der Waals surface area contributed by atoms with Gasteiger partial charge in [-0.3, -0.25) is 9.59 Å². The van der Waals surface area contributed by atoms with Crippen LogP contribution in [0.1, 0.15) is 44.2 Å². The molecule has 0 aliphatic carbocycles. The topological polar surface area (TPSA) is 37.4 Å². The van der Waals surface area contributed by atoms with Crippen LogP contribution >= 0.6 is 11.3 Å². The van der Waals surface area contributed by atoms with Gasteiger partial charge in [0, 0.05) is 19.0 Å². The summed E-state index contributed by atoms with van der Waals surface area (Å²) in [6.45, 7) is 2.63. The van der Waals surface area contributed by atoms with Gasteiger partial charge in [0.1, 0.15) is 5.82 Å². The van der Waals surface area contributed by atoms with E-state index in [4.69, 9.17) is 0 Å². The predicted octanol–water partition coefficient (Wildman–Crippen LogP) is 3.72. The Morgan fingerprint density at radius 1 is 1.18 bits per heavy atom. The van der Waals surface area contributed by atoms with Gasteiger partial charge in [-0.05, 0) is 37.1 Å². The minimum Gasteiger partial charge on any atom is -0.337 e. The van der Waals surface area contributed by atoms with Gasteiger partial charge in [-0.1, -0.05) is 18.2 Å². The maximum atomic E-state index is 13.8. The molecule has 0 unspecified atom stereocenters. The lowest BCUT2D eigenvalue weighted by atomic mass is 9.98. The molecular formula is C17H16FNO2S. The summed E-state index contributed by atoms with van der Waals surface area (Å²) < 4.78 is 13.8. The van der Waals surface area contributed by atoms with Crippen molar-refractivity contribution in [1.29, 1.82) is 0 Å². The molecule has 0 spiro atoms. The van der Waals surface area contributed by atoms with E-state index in [1.165, 1.54) is 24.3 Å². The molecule has 0 bridgehead atoms. The highest BCUT2D eigenvalue weighted by atomic mass is 32.1. The summed E-state index contributed by atoms with van der Waals surface area (Å²) in [5.41, 5.74) is 0.674. The third-order valence-corrected chi connectivity index (χ3v) is 5.16. The van der Waals surface area contributed by atoms with Crippen molar-refractivity contribution in [3.8, 4) is 0 Å². The average Bonchev–Trinajstić information content (AvgIpc) is 3.17. The molecule has 1 amide bonds. The quantitative estimate of drug-likeness (QED) is 0.809. The molecule has 114 valence electrons. The minimum atomic E-state index is -0.211. The van der Waals surface area contributed by atoms with Gasteiger partial charge < -0.3 is 4.90 Å². The van der Waals surface area contributed by atoms with Gasteiger partial charge in [-0.2, -0.15) is 0 Å². The highest BCUT2D eigenvalue weighted by Gasteiger charge is 2.30. The van der Waals surface area contributed by atoms with Crippen LogP contribution in [0.3, 0.4) is 0 Å². The van der Waals surface area contributed by atoms with E-state index in [0.717, 1.165) is 6.42 Å². The third kappa shape index (κ3) is 2.81. The SMILES string of the molecule is CC(=O)c1ccc(C(=O)N2CC[C@@H](c3ccccc3F)C2)s1. The fraction of sp³-hybridized carbons (Fsp3) is 0.294. The van der Waals surface area contributed by atoms with E-state index in [1.807, 2.05) is 6.07 Å². The van der Waals surface area contributed by atoms with Crippen molar-refractivity contribution in [1.82, 2.24) is 4.90 Å². The Hall–Kier alpha value is -2.01. The fourth-order valence-electron chi connectivity index (χ4n) is 2.80. The first-order valence-corrected chi connectivity index (χ1v) is 8.02. The van der Waals surface area contributed by atoms with Crippen molar-refractivity contribution in [3.63, 3.8) is 0 Å². The summed E-state index contributed by atoms with van der Waals surface area (Å²) in [7, 11) is 0. The molecule has 0 saturated carbocycles. The average molecular weight is 317 g/mol. The molecule has 2 aromatic rings. The number of rotatable bonds is 3. The van der Waals surface area contributed by atoms with E-state index < -0.39 is 0 Å². The Morgan fingerprint density at radius 2 is 1.91 bits per heavy atom. The molecule has 3 rings (SSSR count). The number of Topliss-reactive ketones (excluding diaryl/α,β-unsaturated/α-hetero) is 1. The van der Waals surface area contributed by atoms with Crippen molar-refractivity contribution in [2.75, 3.05) is 13.1 Å². The van der Waals surface area contributed by atoms with Gasteiger partial charge >= 0.3 is 0 Å². The second-order valence-corrected chi connectivity index (χ2v) is 6.56. The van der Waals surface area contributed by atoms with Crippen LogP contribution in [0.25, 0.3) is 0 Å². The molecule has 22 heavy (non-hydrogen) atoms. The zero-order valence-electron chi connectivity index (χ0n) is 12.2. The number of amides is 1. The molecule has 1 aromatic carbocycles. The second kappa shape index (κ2) is 6.01. The molecule has 5 heteroatoms. The highest BCUT2D eigenvalue weighted by molar-refractivity contribution is 7.15. The van der Waals surface area contributed by atoms with Crippen LogP contribution in [0.2, 0.25) is 0 Å². The normalized spacial score (nSPS) is 17.7. The van der Waals surface area contributed by atoms with Crippen molar-refractivity contribution < 1.29 is 14.0 Å². The third-order valence-electron chi connectivity index (χ3n) is 3.98. The summed E-state index contributed by atoms with van der Waals surface area (Å²) >= 11 is 1.22. The smallest absolute Gasteiger partial charge is 0.263 e. The standard InChI is InChI=1S/C17H16FNO2S/c1-11(20)15-6-7-16(22-15)17(21)19-9-8-12(10-19)13-4-2-3-5-14(13)18/h2-7,12H,8-10H2,1H3/t12-/m1/s1. The van der Waals surface area contributed by atoms with Crippen LogP contribution in [0.15, 0.2) is 36.4 Å². The summed E-state index contributed by atoms with van der Waals surface area (Å²) in [4.78, 5) is 26.7. The zero-order chi connectivity index (χ0) is 15.7. The molecule has 1 aliphatic rings. The highest BCUT2D eigenvalue weighted by Crippen LogP contribution is 2.30. The molecule has 0 N–H and O–H groups in total. The van der Waals surface area contributed by atoms with Crippen LogP contribution in [0.4, 0.5) is 4.39 Å². The molecule has 2 heterocycles. The van der Waals surface area contributed by atoms with Gasteiger partial charge in [0.15, 0.2) is 5.78 Å². The number of ketones is 1. The summed E-state index contributed by atoms with van der Waals surface area (Å²) in [6.07, 6.45) is 0.762. The maximum absolute atomic E-state index is 13.8. The van der Waals surface area contributed by atoms with Crippen LogP contribution in [0, 0.1) is 5.82 Å². The molecule has 0 radical (unpaired) electrons. The monoisotopic (exact) mass is 317 g/mol. The number of thiophene rings is 1. The van der Waals surface area contributed by atoms with E-state index in [0.29, 0.717) is 28.4 Å². The number of carbonyl (C=O) groups is 2. The number of likely N-dealkylation sites (tertiary alicyclic amines) is 1. The number of benzene rings is 1. The lowest BCUT2D eigenvalue weighted by Gasteiger charge is -2.16. The number of hydrogen-bond donors (Lipinski definition) is 0. The van der Waals surface area contributed by atoms with Crippen molar-refractivity contribution in [2.24, 2.45) is 0 Å². The van der Waals surface area contributed by atoms with Crippen molar-refractivity contribution in [3.05, 3.63) is 57.5 Å². The lowest BCUT2D eigenvalue weighted by molar-refractivity contribution is 0.0795. The van der Waals surface area contributed by atoms with Gasteiger partial charge in [-0.25, -0.2) is 4.39 Å². The predicted molar refractivity (Wildman–Crippen MR) is 84.0 cm³/mol. The first-order valence-electron chi connectivity index (χ1n) is 7.20. The van der Waals surface area contributed by atoms with E-state index in [-0.39, 0.29) is 23.4 Å². The first kappa shape index (κ1) is 14.9. The zero-order valence-corrected chi connectivity index (χ0v) is 13.0.